The lowest BCUT2D eigenvalue weighted by molar-refractivity contribution is -0.514. The summed E-state index contributed by atoms with van der Waals surface area (Å²) in [5, 5.41) is 13.4. The van der Waals surface area contributed by atoms with Gasteiger partial charge >= 0.3 is 0 Å². The van der Waals surface area contributed by atoms with Crippen molar-refractivity contribution in [1.82, 2.24) is 0 Å². The van der Waals surface area contributed by atoms with Crippen molar-refractivity contribution in [2.45, 2.75) is 19.9 Å². The zero-order valence-corrected chi connectivity index (χ0v) is 8.36. The molecule has 4 nitrogen and oxygen atoms in total. The molecule has 0 saturated carbocycles. The Bertz CT molecular complexity index is 308. The first-order valence-electron chi connectivity index (χ1n) is 4.53. The molecule has 1 N–H and O–H groups in total. The molecule has 0 aromatic heterocycles. The fraction of sp³-hybridized carbons (Fsp3) is 0.400. The Kier molecular flexibility index (Phi) is 3.45. The molecule has 0 amide bonds. The van der Waals surface area contributed by atoms with Crippen molar-refractivity contribution in [2.24, 2.45) is 0 Å². The monoisotopic (exact) mass is 194 g/mol. The average Bonchev–Trinajstić information content (AvgIpc) is 2.16. The quantitative estimate of drug-likeness (QED) is 0.589. The highest BCUT2D eigenvalue weighted by molar-refractivity contribution is 5.44. The lowest BCUT2D eigenvalue weighted by atomic mass is 10.2. The third-order valence-electron chi connectivity index (χ3n) is 2.01. The van der Waals surface area contributed by atoms with Gasteiger partial charge in [-0.3, -0.25) is 10.1 Å². The highest BCUT2D eigenvalue weighted by Crippen LogP contribution is 2.08. The average molecular weight is 194 g/mol. The van der Waals surface area contributed by atoms with E-state index in [4.69, 9.17) is 0 Å². The molecule has 4 heteroatoms. The summed E-state index contributed by atoms with van der Waals surface area (Å²) in [5.41, 5.74) is 2.10. The molecule has 0 radical (unpaired) electrons. The van der Waals surface area contributed by atoms with E-state index in [1.165, 1.54) is 5.56 Å². The molecule has 0 aliphatic carbocycles. The van der Waals surface area contributed by atoms with Crippen molar-refractivity contribution in [1.29, 1.82) is 0 Å². The Labute approximate surface area is 83.1 Å². The molecule has 0 heterocycles. The van der Waals surface area contributed by atoms with Gasteiger partial charge in [0.2, 0.25) is 6.04 Å². The standard InChI is InChI=1S/C10H14N2O2/c1-8-3-5-10(6-4-8)11-7-9(2)12(13)14/h3-6,9,11H,7H2,1-2H3. The van der Waals surface area contributed by atoms with Gasteiger partial charge in [0.1, 0.15) is 0 Å². The summed E-state index contributed by atoms with van der Waals surface area (Å²) in [6, 6.07) is 7.22. The number of rotatable bonds is 4. The molecule has 1 aromatic carbocycles. The molecule has 0 aliphatic heterocycles. The Morgan fingerprint density at radius 1 is 1.43 bits per heavy atom. The van der Waals surface area contributed by atoms with Crippen LogP contribution < -0.4 is 5.32 Å². The topological polar surface area (TPSA) is 55.2 Å². The van der Waals surface area contributed by atoms with E-state index < -0.39 is 6.04 Å². The summed E-state index contributed by atoms with van der Waals surface area (Å²) in [6.45, 7) is 3.95. The molecule has 1 aromatic rings. The van der Waals surface area contributed by atoms with Gasteiger partial charge in [-0.05, 0) is 19.1 Å². The van der Waals surface area contributed by atoms with Crippen molar-refractivity contribution < 1.29 is 4.92 Å². The number of benzene rings is 1. The van der Waals surface area contributed by atoms with Crippen molar-refractivity contribution in [3.63, 3.8) is 0 Å². The largest absolute Gasteiger partial charge is 0.378 e. The number of aryl methyl sites for hydroxylation is 1. The minimum atomic E-state index is -0.559. The van der Waals surface area contributed by atoms with Gasteiger partial charge in [0.25, 0.3) is 0 Å². The molecule has 0 spiro atoms. The van der Waals surface area contributed by atoms with E-state index in [-0.39, 0.29) is 4.92 Å². The van der Waals surface area contributed by atoms with E-state index in [1.54, 1.807) is 6.92 Å². The first-order valence-corrected chi connectivity index (χ1v) is 4.53. The zero-order valence-electron chi connectivity index (χ0n) is 8.36. The summed E-state index contributed by atoms with van der Waals surface area (Å²) in [5.74, 6) is 0. The molecule has 14 heavy (non-hydrogen) atoms. The van der Waals surface area contributed by atoms with Gasteiger partial charge in [-0.1, -0.05) is 17.7 Å². The molecule has 1 atom stereocenters. The van der Waals surface area contributed by atoms with E-state index in [0.717, 1.165) is 5.69 Å². The molecule has 76 valence electrons. The number of nitrogens with one attached hydrogen (secondary N) is 1. The first-order chi connectivity index (χ1) is 6.59. The van der Waals surface area contributed by atoms with Crippen LogP contribution in [0.4, 0.5) is 5.69 Å². The minimum absolute atomic E-state index is 0.290. The predicted molar refractivity (Wildman–Crippen MR) is 56.1 cm³/mol. The number of hydrogen-bond donors (Lipinski definition) is 1. The molecular weight excluding hydrogens is 180 g/mol. The van der Waals surface area contributed by atoms with E-state index in [2.05, 4.69) is 5.32 Å². The van der Waals surface area contributed by atoms with Gasteiger partial charge in [0.15, 0.2) is 0 Å². The highest BCUT2D eigenvalue weighted by Gasteiger charge is 2.11. The first kappa shape index (κ1) is 10.5. The number of anilines is 1. The lowest BCUT2D eigenvalue weighted by Crippen LogP contribution is -2.24. The van der Waals surface area contributed by atoms with Gasteiger partial charge < -0.3 is 5.32 Å². The zero-order chi connectivity index (χ0) is 10.6. The van der Waals surface area contributed by atoms with Crippen molar-refractivity contribution in [3.8, 4) is 0 Å². The Balaban J connectivity index is 2.46. The molecule has 1 unspecified atom stereocenters. The summed E-state index contributed by atoms with van der Waals surface area (Å²) in [6.07, 6.45) is 0. The predicted octanol–water partition coefficient (Wildman–Crippen LogP) is 2.07. The minimum Gasteiger partial charge on any atom is -0.378 e. The third-order valence-corrected chi connectivity index (χ3v) is 2.01. The van der Waals surface area contributed by atoms with Gasteiger partial charge in [0, 0.05) is 17.5 Å². The van der Waals surface area contributed by atoms with Crippen LogP contribution in [0.3, 0.4) is 0 Å². The number of nitrogens with zero attached hydrogens (tertiary/aromatic N) is 1. The van der Waals surface area contributed by atoms with Gasteiger partial charge in [-0.2, -0.15) is 0 Å². The summed E-state index contributed by atoms with van der Waals surface area (Å²) < 4.78 is 0. The molecule has 0 fully saturated rings. The Morgan fingerprint density at radius 2 is 2.00 bits per heavy atom. The third kappa shape index (κ3) is 3.05. The molecular formula is C10H14N2O2. The highest BCUT2D eigenvalue weighted by atomic mass is 16.6. The van der Waals surface area contributed by atoms with E-state index >= 15 is 0 Å². The maximum Gasteiger partial charge on any atom is 0.227 e. The van der Waals surface area contributed by atoms with Crippen molar-refractivity contribution in [3.05, 3.63) is 39.9 Å². The van der Waals surface area contributed by atoms with E-state index in [0.29, 0.717) is 6.54 Å². The van der Waals surface area contributed by atoms with E-state index in [9.17, 15) is 10.1 Å². The maximum atomic E-state index is 10.3. The lowest BCUT2D eigenvalue weighted by Gasteiger charge is -2.07. The number of hydrogen-bond acceptors (Lipinski definition) is 3. The smallest absolute Gasteiger partial charge is 0.227 e. The van der Waals surface area contributed by atoms with Gasteiger partial charge in [0.05, 0.1) is 6.54 Å². The van der Waals surface area contributed by atoms with Crippen LogP contribution in [-0.4, -0.2) is 17.5 Å². The fourth-order valence-electron chi connectivity index (χ4n) is 1.01. The second-order valence-electron chi connectivity index (χ2n) is 3.38. The normalized spacial score (nSPS) is 12.1. The molecule has 1 rings (SSSR count). The SMILES string of the molecule is Cc1ccc(NCC(C)[N+](=O)[O-])cc1. The van der Waals surface area contributed by atoms with Gasteiger partial charge in [-0.15, -0.1) is 0 Å². The summed E-state index contributed by atoms with van der Waals surface area (Å²) in [7, 11) is 0. The molecule has 0 aliphatic rings. The van der Waals surface area contributed by atoms with Crippen molar-refractivity contribution in [2.75, 3.05) is 11.9 Å². The Hall–Kier alpha value is -1.58. The van der Waals surface area contributed by atoms with Crippen LogP contribution in [0.2, 0.25) is 0 Å². The maximum absolute atomic E-state index is 10.3. The van der Waals surface area contributed by atoms with Crippen LogP contribution >= 0.6 is 0 Å². The van der Waals surface area contributed by atoms with E-state index in [1.807, 2.05) is 31.2 Å². The summed E-state index contributed by atoms with van der Waals surface area (Å²) in [4.78, 5) is 10.0. The van der Waals surface area contributed by atoms with Crippen LogP contribution in [0.15, 0.2) is 24.3 Å². The van der Waals surface area contributed by atoms with Crippen LogP contribution in [0.1, 0.15) is 12.5 Å². The molecule has 0 saturated heterocycles. The number of nitro groups is 1. The second-order valence-corrected chi connectivity index (χ2v) is 3.38. The molecule has 0 bridgehead atoms. The van der Waals surface area contributed by atoms with Crippen LogP contribution in [0.25, 0.3) is 0 Å². The van der Waals surface area contributed by atoms with Crippen LogP contribution in [0.5, 0.6) is 0 Å². The second kappa shape index (κ2) is 4.60. The van der Waals surface area contributed by atoms with Gasteiger partial charge in [-0.25, -0.2) is 0 Å². The fourth-order valence-corrected chi connectivity index (χ4v) is 1.01. The van der Waals surface area contributed by atoms with Crippen LogP contribution in [-0.2, 0) is 0 Å². The van der Waals surface area contributed by atoms with Crippen molar-refractivity contribution >= 4 is 5.69 Å². The Morgan fingerprint density at radius 3 is 2.50 bits per heavy atom. The van der Waals surface area contributed by atoms with Crippen LogP contribution in [0, 0.1) is 17.0 Å². The summed E-state index contributed by atoms with van der Waals surface area (Å²) >= 11 is 0.